The largest absolute Gasteiger partial charge is 0.323 e. The Labute approximate surface area is 118 Å². The number of carbonyl (C=O) groups excluding carboxylic acids is 1. The van der Waals surface area contributed by atoms with Gasteiger partial charge in [0.1, 0.15) is 0 Å². The molecule has 2 heterocycles. The van der Waals surface area contributed by atoms with Crippen molar-refractivity contribution in [2.45, 2.75) is 27.7 Å². The van der Waals surface area contributed by atoms with Gasteiger partial charge in [0.25, 0.3) is 0 Å². The quantitative estimate of drug-likeness (QED) is 0.879. The van der Waals surface area contributed by atoms with Gasteiger partial charge >= 0.3 is 6.03 Å². The van der Waals surface area contributed by atoms with Crippen molar-refractivity contribution >= 4 is 17.4 Å². The summed E-state index contributed by atoms with van der Waals surface area (Å²) in [5.41, 5.74) is 4.95. The Morgan fingerprint density at radius 2 is 1.05 bits per heavy atom. The lowest BCUT2D eigenvalue weighted by atomic mass is 10.2. The lowest BCUT2D eigenvalue weighted by molar-refractivity contribution is 0.262. The zero-order chi connectivity index (χ0) is 14.7. The van der Waals surface area contributed by atoms with Crippen molar-refractivity contribution in [1.82, 2.24) is 9.97 Å². The predicted octanol–water partition coefficient (Wildman–Crippen LogP) is 3.35. The molecule has 0 radical (unpaired) electrons. The SMILES string of the molecule is Cc1cc(NC(=O)Nc2cc(C)nc(C)c2)cc(C)n1. The molecule has 0 spiro atoms. The monoisotopic (exact) mass is 270 g/mol. The summed E-state index contributed by atoms with van der Waals surface area (Å²) < 4.78 is 0. The van der Waals surface area contributed by atoms with E-state index in [1.54, 1.807) is 0 Å². The zero-order valence-corrected chi connectivity index (χ0v) is 12.1. The molecule has 0 aromatic carbocycles. The number of amides is 2. The van der Waals surface area contributed by atoms with Gasteiger partial charge in [0, 0.05) is 34.2 Å². The summed E-state index contributed by atoms with van der Waals surface area (Å²) in [4.78, 5) is 20.5. The molecule has 0 unspecified atom stereocenters. The van der Waals surface area contributed by atoms with Crippen molar-refractivity contribution < 1.29 is 4.79 Å². The zero-order valence-electron chi connectivity index (χ0n) is 12.1. The molecule has 5 heteroatoms. The van der Waals surface area contributed by atoms with Crippen molar-refractivity contribution in [3.8, 4) is 0 Å². The van der Waals surface area contributed by atoms with Gasteiger partial charge in [-0.25, -0.2) is 4.79 Å². The molecule has 20 heavy (non-hydrogen) atoms. The van der Waals surface area contributed by atoms with Gasteiger partial charge in [0.2, 0.25) is 0 Å². The molecule has 0 aliphatic heterocycles. The number of aromatic nitrogens is 2. The van der Waals surface area contributed by atoms with E-state index in [1.807, 2.05) is 52.0 Å². The topological polar surface area (TPSA) is 66.9 Å². The average Bonchev–Trinajstić information content (AvgIpc) is 2.24. The second-order valence-electron chi connectivity index (χ2n) is 4.86. The number of aryl methyl sites for hydroxylation is 4. The summed E-state index contributed by atoms with van der Waals surface area (Å²) in [6.07, 6.45) is 0. The molecule has 2 rings (SSSR count). The van der Waals surface area contributed by atoms with Crippen molar-refractivity contribution in [2.24, 2.45) is 0 Å². The first-order valence-corrected chi connectivity index (χ1v) is 6.41. The Kier molecular flexibility index (Phi) is 3.98. The van der Waals surface area contributed by atoms with Crippen LogP contribution in [0.3, 0.4) is 0 Å². The van der Waals surface area contributed by atoms with E-state index in [4.69, 9.17) is 0 Å². The van der Waals surface area contributed by atoms with Gasteiger partial charge in [-0.3, -0.25) is 9.97 Å². The molecule has 5 nitrogen and oxygen atoms in total. The minimum atomic E-state index is -0.278. The number of nitrogens with one attached hydrogen (secondary N) is 2. The van der Waals surface area contributed by atoms with E-state index in [2.05, 4.69) is 20.6 Å². The van der Waals surface area contributed by atoms with E-state index in [0.717, 1.165) is 34.2 Å². The maximum absolute atomic E-state index is 12.0. The fourth-order valence-electron chi connectivity index (χ4n) is 2.11. The van der Waals surface area contributed by atoms with Crippen LogP contribution in [0.5, 0.6) is 0 Å². The fourth-order valence-corrected chi connectivity index (χ4v) is 2.11. The molecule has 0 saturated carbocycles. The van der Waals surface area contributed by atoms with Crippen LogP contribution in [-0.2, 0) is 0 Å². The smallest absolute Gasteiger partial charge is 0.308 e. The Bertz CT molecular complexity index is 556. The van der Waals surface area contributed by atoms with E-state index < -0.39 is 0 Å². The summed E-state index contributed by atoms with van der Waals surface area (Å²) in [5, 5.41) is 5.60. The summed E-state index contributed by atoms with van der Waals surface area (Å²) in [6, 6.07) is 7.04. The number of anilines is 2. The molecular formula is C15H18N4O. The lowest BCUT2D eigenvalue weighted by Gasteiger charge is -2.10. The van der Waals surface area contributed by atoms with Gasteiger partial charge in [-0.2, -0.15) is 0 Å². The Hall–Kier alpha value is -2.43. The molecule has 2 aromatic heterocycles. The summed E-state index contributed by atoms with van der Waals surface area (Å²) >= 11 is 0. The highest BCUT2D eigenvalue weighted by atomic mass is 16.2. The molecule has 2 N–H and O–H groups in total. The van der Waals surface area contributed by atoms with Crippen molar-refractivity contribution in [1.29, 1.82) is 0 Å². The first-order chi connectivity index (χ1) is 9.42. The number of nitrogens with zero attached hydrogens (tertiary/aromatic N) is 2. The van der Waals surface area contributed by atoms with Gasteiger partial charge in [-0.15, -0.1) is 0 Å². The minimum absolute atomic E-state index is 0.278. The van der Waals surface area contributed by atoms with E-state index in [-0.39, 0.29) is 6.03 Å². The molecule has 0 aliphatic rings. The normalized spacial score (nSPS) is 10.2. The maximum Gasteiger partial charge on any atom is 0.323 e. The number of carbonyl (C=O) groups is 1. The van der Waals surface area contributed by atoms with Crippen LogP contribution in [0.25, 0.3) is 0 Å². The number of urea groups is 1. The van der Waals surface area contributed by atoms with E-state index in [1.165, 1.54) is 0 Å². The highest BCUT2D eigenvalue weighted by Gasteiger charge is 2.05. The Morgan fingerprint density at radius 3 is 1.35 bits per heavy atom. The third-order valence-corrected chi connectivity index (χ3v) is 2.68. The van der Waals surface area contributed by atoms with Gasteiger partial charge in [-0.1, -0.05) is 0 Å². The van der Waals surface area contributed by atoms with Crippen LogP contribution in [0.15, 0.2) is 24.3 Å². The fraction of sp³-hybridized carbons (Fsp3) is 0.267. The Morgan fingerprint density at radius 1 is 0.750 bits per heavy atom. The van der Waals surface area contributed by atoms with Crippen molar-refractivity contribution in [3.05, 3.63) is 47.0 Å². The Balaban J connectivity index is 2.08. The van der Waals surface area contributed by atoms with E-state index in [0.29, 0.717) is 0 Å². The second-order valence-corrected chi connectivity index (χ2v) is 4.86. The number of hydrogen-bond donors (Lipinski definition) is 2. The van der Waals surface area contributed by atoms with Crippen LogP contribution in [-0.4, -0.2) is 16.0 Å². The average molecular weight is 270 g/mol. The molecule has 0 aliphatic carbocycles. The van der Waals surface area contributed by atoms with Crippen LogP contribution < -0.4 is 10.6 Å². The molecule has 2 amide bonds. The number of pyridine rings is 2. The number of hydrogen-bond acceptors (Lipinski definition) is 3. The standard InChI is InChI=1S/C15H18N4O/c1-9-5-13(6-10(2)16-9)18-15(20)19-14-7-11(3)17-12(4)8-14/h5-8H,1-4H3,(H2,16,17,18,19,20). The molecule has 0 atom stereocenters. The van der Waals surface area contributed by atoms with Crippen molar-refractivity contribution in [2.75, 3.05) is 10.6 Å². The third kappa shape index (κ3) is 3.78. The lowest BCUT2D eigenvalue weighted by Crippen LogP contribution is -2.20. The molecule has 0 saturated heterocycles. The van der Waals surface area contributed by atoms with E-state index in [9.17, 15) is 4.79 Å². The molecule has 104 valence electrons. The van der Waals surface area contributed by atoms with E-state index >= 15 is 0 Å². The van der Waals surface area contributed by atoms with Gasteiger partial charge in [0.15, 0.2) is 0 Å². The first-order valence-electron chi connectivity index (χ1n) is 6.41. The van der Waals surface area contributed by atoms with Crippen LogP contribution >= 0.6 is 0 Å². The molecule has 0 bridgehead atoms. The highest BCUT2D eigenvalue weighted by Crippen LogP contribution is 2.13. The summed E-state index contributed by atoms with van der Waals surface area (Å²) in [6.45, 7) is 7.58. The van der Waals surface area contributed by atoms with Crippen LogP contribution in [0, 0.1) is 27.7 Å². The highest BCUT2D eigenvalue weighted by molar-refractivity contribution is 5.99. The molecular weight excluding hydrogens is 252 g/mol. The summed E-state index contributed by atoms with van der Waals surface area (Å²) in [5.74, 6) is 0. The van der Waals surface area contributed by atoms with Gasteiger partial charge in [-0.05, 0) is 52.0 Å². The van der Waals surface area contributed by atoms with Crippen LogP contribution in [0.2, 0.25) is 0 Å². The predicted molar refractivity (Wildman–Crippen MR) is 80.1 cm³/mol. The summed E-state index contributed by atoms with van der Waals surface area (Å²) in [7, 11) is 0. The second kappa shape index (κ2) is 5.69. The van der Waals surface area contributed by atoms with Crippen LogP contribution in [0.1, 0.15) is 22.8 Å². The third-order valence-electron chi connectivity index (χ3n) is 2.68. The van der Waals surface area contributed by atoms with Crippen LogP contribution in [0.4, 0.5) is 16.2 Å². The van der Waals surface area contributed by atoms with Gasteiger partial charge < -0.3 is 10.6 Å². The van der Waals surface area contributed by atoms with Crippen molar-refractivity contribution in [3.63, 3.8) is 0 Å². The molecule has 0 fully saturated rings. The minimum Gasteiger partial charge on any atom is -0.308 e. The van der Waals surface area contributed by atoms with Gasteiger partial charge in [0.05, 0.1) is 0 Å². The molecule has 2 aromatic rings. The number of rotatable bonds is 2. The first kappa shape index (κ1) is 14.0. The maximum atomic E-state index is 12.0.